The van der Waals surface area contributed by atoms with E-state index in [2.05, 4.69) is 0 Å². The molecule has 1 atom stereocenters. The molecule has 1 fully saturated rings. The van der Waals surface area contributed by atoms with E-state index in [-0.39, 0.29) is 11.3 Å². The van der Waals surface area contributed by atoms with Crippen molar-refractivity contribution in [2.75, 3.05) is 13.7 Å². The van der Waals surface area contributed by atoms with Crippen LogP contribution in [0.15, 0.2) is 90.5 Å². The first-order valence-corrected chi connectivity index (χ1v) is 10.1. The van der Waals surface area contributed by atoms with E-state index >= 15 is 0 Å². The SMILES string of the molecule is COc1cccc([C@H]2/C(=C(\O)c3ccccc3)C(=O)C(=O)N2CCc2ccccc2)c1. The Balaban J connectivity index is 1.79. The largest absolute Gasteiger partial charge is 0.507 e. The van der Waals surface area contributed by atoms with Crippen molar-refractivity contribution in [2.24, 2.45) is 0 Å². The summed E-state index contributed by atoms with van der Waals surface area (Å²) >= 11 is 0. The fraction of sp³-hybridized carbons (Fsp3) is 0.154. The second-order valence-corrected chi connectivity index (χ2v) is 7.37. The van der Waals surface area contributed by atoms with Gasteiger partial charge in [0.1, 0.15) is 11.5 Å². The van der Waals surface area contributed by atoms with Crippen molar-refractivity contribution in [3.63, 3.8) is 0 Å². The van der Waals surface area contributed by atoms with Crippen LogP contribution in [0.3, 0.4) is 0 Å². The first-order valence-electron chi connectivity index (χ1n) is 10.1. The van der Waals surface area contributed by atoms with Gasteiger partial charge in [0.15, 0.2) is 0 Å². The molecule has 5 heteroatoms. The van der Waals surface area contributed by atoms with Crippen molar-refractivity contribution in [3.8, 4) is 5.75 Å². The van der Waals surface area contributed by atoms with E-state index < -0.39 is 17.7 Å². The molecule has 1 amide bonds. The van der Waals surface area contributed by atoms with Gasteiger partial charge in [0, 0.05) is 12.1 Å². The average Bonchev–Trinajstić information content (AvgIpc) is 3.08. The monoisotopic (exact) mass is 413 g/mol. The molecule has 0 radical (unpaired) electrons. The van der Waals surface area contributed by atoms with Crippen LogP contribution in [-0.2, 0) is 16.0 Å². The van der Waals surface area contributed by atoms with Gasteiger partial charge in [-0.15, -0.1) is 0 Å². The highest BCUT2D eigenvalue weighted by molar-refractivity contribution is 6.46. The molecule has 156 valence electrons. The third kappa shape index (κ3) is 4.08. The number of ether oxygens (including phenoxy) is 1. The summed E-state index contributed by atoms with van der Waals surface area (Å²) in [6.45, 7) is 0.349. The molecule has 0 bridgehead atoms. The fourth-order valence-corrected chi connectivity index (χ4v) is 3.91. The van der Waals surface area contributed by atoms with E-state index in [1.165, 1.54) is 0 Å². The van der Waals surface area contributed by atoms with Crippen LogP contribution in [0.25, 0.3) is 5.76 Å². The predicted molar refractivity (Wildman–Crippen MR) is 119 cm³/mol. The molecule has 1 aliphatic heterocycles. The topological polar surface area (TPSA) is 66.8 Å². The molecule has 4 rings (SSSR count). The van der Waals surface area contributed by atoms with Crippen LogP contribution in [0.1, 0.15) is 22.7 Å². The lowest BCUT2D eigenvalue weighted by atomic mass is 9.95. The number of benzene rings is 3. The van der Waals surface area contributed by atoms with Crippen LogP contribution in [0.2, 0.25) is 0 Å². The van der Waals surface area contributed by atoms with Crippen LogP contribution >= 0.6 is 0 Å². The molecule has 1 N–H and O–H groups in total. The Hall–Kier alpha value is -3.86. The summed E-state index contributed by atoms with van der Waals surface area (Å²) in [5.74, 6) is -0.844. The summed E-state index contributed by atoms with van der Waals surface area (Å²) in [5.41, 5.74) is 2.37. The number of hydrogen-bond donors (Lipinski definition) is 1. The average molecular weight is 413 g/mol. The number of aliphatic hydroxyl groups is 1. The number of hydrogen-bond acceptors (Lipinski definition) is 4. The van der Waals surface area contributed by atoms with Gasteiger partial charge in [-0.25, -0.2) is 0 Å². The Labute approximate surface area is 181 Å². The molecule has 31 heavy (non-hydrogen) atoms. The van der Waals surface area contributed by atoms with Crippen LogP contribution < -0.4 is 4.74 Å². The van der Waals surface area contributed by atoms with Crippen molar-refractivity contribution in [1.82, 2.24) is 4.90 Å². The van der Waals surface area contributed by atoms with Gasteiger partial charge < -0.3 is 14.7 Å². The number of carbonyl (C=O) groups excluding carboxylic acids is 2. The Morgan fingerprint density at radius 3 is 2.29 bits per heavy atom. The summed E-state index contributed by atoms with van der Waals surface area (Å²) in [4.78, 5) is 27.6. The highest BCUT2D eigenvalue weighted by atomic mass is 16.5. The summed E-state index contributed by atoms with van der Waals surface area (Å²) in [7, 11) is 1.56. The minimum absolute atomic E-state index is 0.0949. The molecule has 3 aromatic rings. The molecule has 0 aromatic heterocycles. The van der Waals surface area contributed by atoms with Crippen LogP contribution in [-0.4, -0.2) is 35.4 Å². The molecular formula is C26H23NO4. The van der Waals surface area contributed by atoms with Crippen molar-refractivity contribution in [3.05, 3.63) is 107 Å². The maximum absolute atomic E-state index is 13.0. The van der Waals surface area contributed by atoms with E-state index in [1.807, 2.05) is 48.5 Å². The highest BCUT2D eigenvalue weighted by Gasteiger charge is 2.45. The van der Waals surface area contributed by atoms with E-state index in [4.69, 9.17) is 4.74 Å². The normalized spacial score (nSPS) is 17.7. The molecular weight excluding hydrogens is 390 g/mol. The first-order chi connectivity index (χ1) is 15.1. The van der Waals surface area contributed by atoms with Gasteiger partial charge in [0.25, 0.3) is 11.7 Å². The fourth-order valence-electron chi connectivity index (χ4n) is 3.91. The Morgan fingerprint density at radius 2 is 1.61 bits per heavy atom. The number of ketones is 1. The summed E-state index contributed by atoms with van der Waals surface area (Å²) in [5, 5.41) is 11.0. The van der Waals surface area contributed by atoms with Gasteiger partial charge >= 0.3 is 0 Å². The lowest BCUT2D eigenvalue weighted by Gasteiger charge is -2.25. The zero-order valence-electron chi connectivity index (χ0n) is 17.2. The zero-order valence-corrected chi connectivity index (χ0v) is 17.2. The molecule has 1 heterocycles. The minimum Gasteiger partial charge on any atom is -0.507 e. The van der Waals surface area contributed by atoms with Gasteiger partial charge in [0.05, 0.1) is 18.7 Å². The van der Waals surface area contributed by atoms with Crippen LogP contribution in [0, 0.1) is 0 Å². The van der Waals surface area contributed by atoms with Crippen LogP contribution in [0.4, 0.5) is 0 Å². The number of rotatable bonds is 6. The number of aliphatic hydroxyl groups excluding tert-OH is 1. The molecule has 5 nitrogen and oxygen atoms in total. The molecule has 0 aliphatic carbocycles. The van der Waals surface area contributed by atoms with Crippen molar-refractivity contribution < 1.29 is 19.4 Å². The van der Waals surface area contributed by atoms with Crippen molar-refractivity contribution in [2.45, 2.75) is 12.5 Å². The third-order valence-electron chi connectivity index (χ3n) is 5.48. The van der Waals surface area contributed by atoms with Crippen molar-refractivity contribution in [1.29, 1.82) is 0 Å². The van der Waals surface area contributed by atoms with Gasteiger partial charge in [-0.05, 0) is 29.7 Å². The molecule has 1 aliphatic rings. The molecule has 3 aromatic carbocycles. The third-order valence-corrected chi connectivity index (χ3v) is 5.48. The van der Waals surface area contributed by atoms with E-state index in [1.54, 1.807) is 48.4 Å². The number of Topliss-reactive ketones (excluding diaryl/α,β-unsaturated/α-hetero) is 1. The van der Waals surface area contributed by atoms with Gasteiger partial charge in [-0.3, -0.25) is 9.59 Å². The number of nitrogens with zero attached hydrogens (tertiary/aromatic N) is 1. The number of methoxy groups -OCH3 is 1. The molecule has 1 saturated heterocycles. The Morgan fingerprint density at radius 1 is 0.935 bits per heavy atom. The summed E-state index contributed by atoms with van der Waals surface area (Å²) in [6.07, 6.45) is 0.597. The Kier molecular flexibility index (Phi) is 5.85. The lowest BCUT2D eigenvalue weighted by Crippen LogP contribution is -2.31. The molecule has 0 unspecified atom stereocenters. The van der Waals surface area contributed by atoms with E-state index in [0.717, 1.165) is 5.56 Å². The Bertz CT molecular complexity index is 1120. The van der Waals surface area contributed by atoms with E-state index in [0.29, 0.717) is 29.8 Å². The minimum atomic E-state index is -0.695. The standard InChI is InChI=1S/C26H23NO4/c1-31-21-14-8-13-20(17-21)23-22(24(28)19-11-6-3-7-12-19)25(29)26(30)27(23)16-15-18-9-4-2-5-10-18/h2-14,17,23,28H,15-16H2,1H3/b24-22+/t23-/m0/s1. The van der Waals surface area contributed by atoms with Gasteiger partial charge in [0.2, 0.25) is 0 Å². The van der Waals surface area contributed by atoms with Crippen molar-refractivity contribution >= 4 is 17.4 Å². The number of likely N-dealkylation sites (tertiary alicyclic amines) is 1. The maximum atomic E-state index is 13.0. The van der Waals surface area contributed by atoms with Crippen LogP contribution in [0.5, 0.6) is 5.75 Å². The zero-order chi connectivity index (χ0) is 21.8. The second-order valence-electron chi connectivity index (χ2n) is 7.37. The smallest absolute Gasteiger partial charge is 0.295 e. The summed E-state index contributed by atoms with van der Waals surface area (Å²) in [6, 6.07) is 25.2. The number of carbonyl (C=O) groups is 2. The highest BCUT2D eigenvalue weighted by Crippen LogP contribution is 2.40. The number of amides is 1. The second kappa shape index (κ2) is 8.88. The molecule has 0 saturated carbocycles. The van der Waals surface area contributed by atoms with Gasteiger partial charge in [-0.2, -0.15) is 0 Å². The lowest BCUT2D eigenvalue weighted by molar-refractivity contribution is -0.139. The maximum Gasteiger partial charge on any atom is 0.295 e. The summed E-state index contributed by atoms with van der Waals surface area (Å²) < 4.78 is 5.35. The quantitative estimate of drug-likeness (QED) is 0.370. The first kappa shape index (κ1) is 20.4. The predicted octanol–water partition coefficient (Wildman–Crippen LogP) is 4.36. The van der Waals surface area contributed by atoms with E-state index in [9.17, 15) is 14.7 Å². The molecule has 0 spiro atoms. The van der Waals surface area contributed by atoms with Gasteiger partial charge in [-0.1, -0.05) is 72.8 Å².